The van der Waals surface area contributed by atoms with Gasteiger partial charge in [0.2, 0.25) is 0 Å². The normalized spacial score (nSPS) is 10.8. The summed E-state index contributed by atoms with van der Waals surface area (Å²) in [6.45, 7) is 5.95. The summed E-state index contributed by atoms with van der Waals surface area (Å²) >= 11 is 5.94. The van der Waals surface area contributed by atoms with E-state index in [-0.39, 0.29) is 23.1 Å². The molecule has 0 fully saturated rings. The van der Waals surface area contributed by atoms with Crippen LogP contribution >= 0.6 is 11.6 Å². The van der Waals surface area contributed by atoms with E-state index in [4.69, 9.17) is 21.1 Å². The van der Waals surface area contributed by atoms with Crippen molar-refractivity contribution in [1.82, 2.24) is 5.43 Å². The first-order valence-electron chi connectivity index (χ1n) is 8.07. The van der Waals surface area contributed by atoms with Gasteiger partial charge in [-0.2, -0.15) is 5.10 Å². The van der Waals surface area contributed by atoms with Crippen LogP contribution in [0.2, 0.25) is 5.02 Å². The second-order valence-electron chi connectivity index (χ2n) is 5.69. The fourth-order valence-electron chi connectivity index (χ4n) is 2.31. The number of rotatable bonds is 7. The first-order chi connectivity index (χ1) is 12.4. The Kier molecular flexibility index (Phi) is 6.86. The molecule has 0 saturated carbocycles. The van der Waals surface area contributed by atoms with Gasteiger partial charge in [-0.1, -0.05) is 17.7 Å². The zero-order valence-corrected chi connectivity index (χ0v) is 15.6. The highest BCUT2D eigenvalue weighted by Crippen LogP contribution is 2.34. The second kappa shape index (κ2) is 9.10. The average molecular weight is 377 g/mol. The molecule has 0 atom stereocenters. The van der Waals surface area contributed by atoms with Crippen LogP contribution in [0.3, 0.4) is 0 Å². The monoisotopic (exact) mass is 376 g/mol. The topological polar surface area (TPSA) is 80.2 Å². The molecule has 0 saturated heterocycles. The molecular weight excluding hydrogens is 356 g/mol. The molecule has 26 heavy (non-hydrogen) atoms. The van der Waals surface area contributed by atoms with Gasteiger partial charge in [0.1, 0.15) is 5.75 Å². The number of carbonyl (C=O) groups is 1. The van der Waals surface area contributed by atoms with E-state index in [1.807, 2.05) is 32.0 Å². The zero-order valence-electron chi connectivity index (χ0n) is 14.9. The van der Waals surface area contributed by atoms with Crippen LogP contribution in [0.5, 0.6) is 17.2 Å². The number of nitrogens with zero attached hydrogens (tertiary/aromatic N) is 1. The smallest absolute Gasteiger partial charge is 0.277 e. The molecule has 138 valence electrons. The molecule has 1 amide bonds. The molecule has 7 heteroatoms. The minimum Gasteiger partial charge on any atom is -0.503 e. The number of benzene rings is 2. The van der Waals surface area contributed by atoms with Gasteiger partial charge in [0.25, 0.3) is 5.91 Å². The van der Waals surface area contributed by atoms with Crippen LogP contribution in [-0.4, -0.2) is 30.4 Å². The number of ether oxygens (including phenoxy) is 2. The molecule has 6 nitrogen and oxygen atoms in total. The van der Waals surface area contributed by atoms with Gasteiger partial charge in [-0.3, -0.25) is 4.79 Å². The molecule has 0 aromatic heterocycles. The van der Waals surface area contributed by atoms with E-state index in [0.717, 1.165) is 11.1 Å². The largest absolute Gasteiger partial charge is 0.503 e. The van der Waals surface area contributed by atoms with E-state index in [1.165, 1.54) is 12.3 Å². The molecule has 0 radical (unpaired) electrons. The molecule has 0 aliphatic rings. The standard InChI is InChI=1S/C19H21ClN2O4/c1-4-25-17-9-14(8-16(20)19(17)24)10-21-22-18(23)11-26-15-6-12(2)5-13(3)7-15/h5-10,24H,4,11H2,1-3H3,(H,22,23)/b21-10+. The second-order valence-corrected chi connectivity index (χ2v) is 6.09. The highest BCUT2D eigenvalue weighted by molar-refractivity contribution is 6.32. The SMILES string of the molecule is CCOc1cc(/C=N/NC(=O)COc2cc(C)cc(C)c2)cc(Cl)c1O. The first-order valence-corrected chi connectivity index (χ1v) is 8.45. The Bertz CT molecular complexity index is 801. The van der Waals surface area contributed by atoms with Gasteiger partial charge in [0.15, 0.2) is 18.1 Å². The number of phenolic OH excluding ortho intramolecular Hbond substituents is 1. The Balaban J connectivity index is 1.92. The number of carbonyl (C=O) groups excluding carboxylic acids is 1. The number of hydrogen-bond donors (Lipinski definition) is 2. The average Bonchev–Trinajstić information content (AvgIpc) is 2.57. The summed E-state index contributed by atoms with van der Waals surface area (Å²) in [5.41, 5.74) is 5.08. The van der Waals surface area contributed by atoms with Crippen LogP contribution in [0.15, 0.2) is 35.4 Å². The molecule has 2 aromatic carbocycles. The number of halogens is 1. The van der Waals surface area contributed by atoms with Crippen molar-refractivity contribution >= 4 is 23.7 Å². The number of aryl methyl sites for hydroxylation is 2. The lowest BCUT2D eigenvalue weighted by Gasteiger charge is -2.08. The quantitative estimate of drug-likeness (QED) is 0.571. The minimum absolute atomic E-state index is 0.128. The van der Waals surface area contributed by atoms with Gasteiger partial charge >= 0.3 is 0 Å². The highest BCUT2D eigenvalue weighted by atomic mass is 35.5. The molecule has 0 heterocycles. The van der Waals surface area contributed by atoms with Crippen molar-refractivity contribution in [2.45, 2.75) is 20.8 Å². The predicted octanol–water partition coefficient (Wildman–Crippen LogP) is 3.59. The number of amides is 1. The minimum atomic E-state index is -0.393. The Hall–Kier alpha value is -2.73. The van der Waals surface area contributed by atoms with Crippen LogP contribution < -0.4 is 14.9 Å². The summed E-state index contributed by atoms with van der Waals surface area (Å²) in [6, 6.07) is 8.83. The summed E-state index contributed by atoms with van der Waals surface area (Å²) in [5, 5.41) is 13.8. The summed E-state index contributed by atoms with van der Waals surface area (Å²) < 4.78 is 10.7. The van der Waals surface area contributed by atoms with Crippen molar-refractivity contribution in [1.29, 1.82) is 0 Å². The van der Waals surface area contributed by atoms with Crippen LogP contribution in [0.4, 0.5) is 0 Å². The van der Waals surface area contributed by atoms with Gasteiger partial charge in [-0.05, 0) is 61.7 Å². The van der Waals surface area contributed by atoms with Gasteiger partial charge in [0.05, 0.1) is 17.8 Å². The molecule has 2 N–H and O–H groups in total. The third kappa shape index (κ3) is 5.67. The molecular formula is C19H21ClN2O4. The molecule has 2 aromatic rings. The van der Waals surface area contributed by atoms with Gasteiger partial charge in [0, 0.05) is 0 Å². The predicted molar refractivity (Wildman–Crippen MR) is 101 cm³/mol. The Morgan fingerprint density at radius 2 is 1.88 bits per heavy atom. The molecule has 0 aliphatic heterocycles. The van der Waals surface area contributed by atoms with Crippen LogP contribution in [0.1, 0.15) is 23.6 Å². The summed E-state index contributed by atoms with van der Waals surface area (Å²) in [5.74, 6) is 0.367. The highest BCUT2D eigenvalue weighted by Gasteiger charge is 2.09. The van der Waals surface area contributed by atoms with Gasteiger partial charge < -0.3 is 14.6 Å². The van der Waals surface area contributed by atoms with E-state index >= 15 is 0 Å². The lowest BCUT2D eigenvalue weighted by molar-refractivity contribution is -0.123. The molecule has 0 unspecified atom stereocenters. The zero-order chi connectivity index (χ0) is 19.1. The number of phenols is 1. The maximum atomic E-state index is 11.8. The number of aromatic hydroxyl groups is 1. The Morgan fingerprint density at radius 1 is 1.19 bits per heavy atom. The Labute approximate surface area is 157 Å². The number of hydrazone groups is 1. The van der Waals surface area contributed by atoms with Crippen molar-refractivity contribution in [2.24, 2.45) is 5.10 Å². The van der Waals surface area contributed by atoms with Gasteiger partial charge in [-0.25, -0.2) is 5.43 Å². The number of nitrogens with one attached hydrogen (secondary N) is 1. The van der Waals surface area contributed by atoms with E-state index in [0.29, 0.717) is 17.9 Å². The summed E-state index contributed by atoms with van der Waals surface area (Å²) in [6.07, 6.45) is 1.41. The maximum Gasteiger partial charge on any atom is 0.277 e. The van der Waals surface area contributed by atoms with Crippen LogP contribution in [-0.2, 0) is 4.79 Å². The van der Waals surface area contributed by atoms with E-state index in [2.05, 4.69) is 10.5 Å². The fraction of sp³-hybridized carbons (Fsp3) is 0.263. The number of hydrogen-bond acceptors (Lipinski definition) is 5. The lowest BCUT2D eigenvalue weighted by atomic mass is 10.1. The van der Waals surface area contributed by atoms with Crippen molar-refractivity contribution in [3.05, 3.63) is 52.0 Å². The van der Waals surface area contributed by atoms with Crippen molar-refractivity contribution in [3.8, 4) is 17.2 Å². The Morgan fingerprint density at radius 3 is 2.54 bits per heavy atom. The van der Waals surface area contributed by atoms with E-state index in [1.54, 1.807) is 13.0 Å². The van der Waals surface area contributed by atoms with E-state index in [9.17, 15) is 9.90 Å². The van der Waals surface area contributed by atoms with Crippen molar-refractivity contribution < 1.29 is 19.4 Å². The third-order valence-corrected chi connectivity index (χ3v) is 3.61. The maximum absolute atomic E-state index is 11.8. The van der Waals surface area contributed by atoms with Crippen molar-refractivity contribution in [2.75, 3.05) is 13.2 Å². The van der Waals surface area contributed by atoms with Gasteiger partial charge in [-0.15, -0.1) is 0 Å². The molecule has 0 bridgehead atoms. The lowest BCUT2D eigenvalue weighted by Crippen LogP contribution is -2.24. The van der Waals surface area contributed by atoms with Crippen molar-refractivity contribution in [3.63, 3.8) is 0 Å². The molecule has 0 aliphatic carbocycles. The first kappa shape index (κ1) is 19.6. The van der Waals surface area contributed by atoms with Crippen LogP contribution in [0, 0.1) is 13.8 Å². The molecule has 0 spiro atoms. The molecule has 2 rings (SSSR count). The van der Waals surface area contributed by atoms with Crippen LogP contribution in [0.25, 0.3) is 0 Å². The summed E-state index contributed by atoms with van der Waals surface area (Å²) in [7, 11) is 0. The third-order valence-electron chi connectivity index (χ3n) is 3.32. The summed E-state index contributed by atoms with van der Waals surface area (Å²) in [4.78, 5) is 11.8. The fourth-order valence-corrected chi connectivity index (χ4v) is 2.53. The van der Waals surface area contributed by atoms with E-state index < -0.39 is 5.91 Å².